The van der Waals surface area contributed by atoms with Gasteiger partial charge < -0.3 is 11.1 Å². The lowest BCUT2D eigenvalue weighted by Crippen LogP contribution is -2.42. The van der Waals surface area contributed by atoms with E-state index in [2.05, 4.69) is 11.2 Å². The molecule has 1 aliphatic rings. The van der Waals surface area contributed by atoms with Crippen molar-refractivity contribution in [1.82, 2.24) is 5.32 Å². The molecule has 0 bridgehead atoms. The summed E-state index contributed by atoms with van der Waals surface area (Å²) in [6, 6.07) is 0.475. The van der Waals surface area contributed by atoms with Crippen molar-refractivity contribution < 1.29 is 0 Å². The molecule has 1 saturated heterocycles. The predicted octanol–water partition coefficient (Wildman–Crippen LogP) is 0.680. The highest BCUT2D eigenvalue weighted by Crippen LogP contribution is 2.25. The molecule has 0 aromatic carbocycles. The zero-order valence-electron chi connectivity index (χ0n) is 7.96. The Bertz CT molecular complexity index is 170. The fourth-order valence-corrected chi connectivity index (χ4v) is 2.98. The highest BCUT2D eigenvalue weighted by molar-refractivity contribution is 7.99. The first-order valence-corrected chi connectivity index (χ1v) is 5.98. The molecule has 13 heavy (non-hydrogen) atoms. The minimum absolute atomic E-state index is 0.475. The molecule has 2 unspecified atom stereocenters. The smallest absolute Gasteiger partial charge is 0.0227 e. The Morgan fingerprint density at radius 3 is 3.08 bits per heavy atom. The highest BCUT2D eigenvalue weighted by atomic mass is 32.2. The third-order valence-corrected chi connectivity index (χ3v) is 3.65. The quantitative estimate of drug-likeness (QED) is 0.504. The van der Waals surface area contributed by atoms with Gasteiger partial charge in [-0.05, 0) is 23.8 Å². The molecule has 1 heterocycles. The van der Waals surface area contributed by atoms with Crippen LogP contribution in [0.15, 0.2) is 0 Å². The van der Waals surface area contributed by atoms with Crippen LogP contribution in [0.5, 0.6) is 0 Å². The topological polar surface area (TPSA) is 38.0 Å². The molecule has 1 rings (SSSR count). The average Bonchev–Trinajstić information content (AvgIpc) is 2.65. The van der Waals surface area contributed by atoms with Crippen LogP contribution in [-0.4, -0.2) is 30.6 Å². The summed E-state index contributed by atoms with van der Waals surface area (Å²) in [4.78, 5) is 0. The molecule has 0 aromatic rings. The van der Waals surface area contributed by atoms with Gasteiger partial charge in [0.1, 0.15) is 0 Å². The number of thioether (sulfide) groups is 1. The number of terminal acetylenes is 1. The molecule has 0 aromatic heterocycles. The molecule has 0 amide bonds. The SMILES string of the molecule is C#CCCNC(CN)C1CCSC1. The summed E-state index contributed by atoms with van der Waals surface area (Å²) >= 11 is 2.03. The van der Waals surface area contributed by atoms with Gasteiger partial charge in [-0.2, -0.15) is 11.8 Å². The summed E-state index contributed by atoms with van der Waals surface area (Å²) in [6.07, 6.45) is 7.29. The van der Waals surface area contributed by atoms with Crippen LogP contribution in [0.2, 0.25) is 0 Å². The van der Waals surface area contributed by atoms with Crippen LogP contribution in [0, 0.1) is 18.3 Å². The molecule has 0 aliphatic carbocycles. The summed E-state index contributed by atoms with van der Waals surface area (Å²) in [5.41, 5.74) is 5.71. The second kappa shape index (κ2) is 6.31. The first kappa shape index (κ1) is 10.9. The van der Waals surface area contributed by atoms with Gasteiger partial charge in [-0.15, -0.1) is 12.3 Å². The molecule has 3 N–H and O–H groups in total. The van der Waals surface area contributed by atoms with Gasteiger partial charge in [0.15, 0.2) is 0 Å². The third-order valence-electron chi connectivity index (χ3n) is 2.46. The Balaban J connectivity index is 2.21. The minimum atomic E-state index is 0.475. The predicted molar refractivity (Wildman–Crippen MR) is 59.7 cm³/mol. The summed E-state index contributed by atoms with van der Waals surface area (Å²) in [5, 5.41) is 3.43. The Hall–Kier alpha value is -0.170. The monoisotopic (exact) mass is 198 g/mol. The fraction of sp³-hybridized carbons (Fsp3) is 0.800. The van der Waals surface area contributed by atoms with Crippen molar-refractivity contribution in [2.45, 2.75) is 18.9 Å². The highest BCUT2D eigenvalue weighted by Gasteiger charge is 2.23. The molecule has 74 valence electrons. The Kier molecular flexibility index (Phi) is 5.29. The second-order valence-electron chi connectivity index (χ2n) is 3.37. The van der Waals surface area contributed by atoms with E-state index in [1.807, 2.05) is 11.8 Å². The van der Waals surface area contributed by atoms with Crippen LogP contribution >= 0.6 is 11.8 Å². The van der Waals surface area contributed by atoms with Crippen molar-refractivity contribution in [2.24, 2.45) is 11.7 Å². The van der Waals surface area contributed by atoms with Gasteiger partial charge in [0, 0.05) is 25.6 Å². The molecule has 0 radical (unpaired) electrons. The van der Waals surface area contributed by atoms with Crippen LogP contribution in [0.1, 0.15) is 12.8 Å². The lowest BCUT2D eigenvalue weighted by molar-refractivity contribution is 0.392. The van der Waals surface area contributed by atoms with Crippen LogP contribution in [-0.2, 0) is 0 Å². The normalized spacial score (nSPS) is 24.2. The maximum absolute atomic E-state index is 5.71. The summed E-state index contributed by atoms with van der Waals surface area (Å²) in [7, 11) is 0. The Labute approximate surface area is 85.0 Å². The van der Waals surface area contributed by atoms with E-state index >= 15 is 0 Å². The lowest BCUT2D eigenvalue weighted by atomic mass is 9.99. The van der Waals surface area contributed by atoms with Gasteiger partial charge in [0.05, 0.1) is 0 Å². The first-order chi connectivity index (χ1) is 6.38. The van der Waals surface area contributed by atoms with Crippen LogP contribution in [0.3, 0.4) is 0 Å². The van der Waals surface area contributed by atoms with Crippen molar-refractivity contribution in [3.8, 4) is 12.3 Å². The Morgan fingerprint density at radius 2 is 2.54 bits per heavy atom. The number of nitrogens with one attached hydrogen (secondary N) is 1. The molecule has 2 atom stereocenters. The van der Waals surface area contributed by atoms with E-state index in [0.29, 0.717) is 6.04 Å². The van der Waals surface area contributed by atoms with Gasteiger partial charge in [-0.25, -0.2) is 0 Å². The number of nitrogens with two attached hydrogens (primary N) is 1. The van der Waals surface area contributed by atoms with E-state index in [9.17, 15) is 0 Å². The van der Waals surface area contributed by atoms with Crippen molar-refractivity contribution in [1.29, 1.82) is 0 Å². The zero-order valence-corrected chi connectivity index (χ0v) is 8.78. The third kappa shape index (κ3) is 3.60. The van der Waals surface area contributed by atoms with E-state index in [1.54, 1.807) is 0 Å². The average molecular weight is 198 g/mol. The number of rotatable bonds is 5. The maximum atomic E-state index is 5.71. The molecule has 0 spiro atoms. The van der Waals surface area contributed by atoms with Crippen molar-refractivity contribution in [3.05, 3.63) is 0 Å². The van der Waals surface area contributed by atoms with E-state index in [4.69, 9.17) is 12.2 Å². The lowest BCUT2D eigenvalue weighted by Gasteiger charge is -2.22. The number of hydrogen-bond acceptors (Lipinski definition) is 3. The molecular weight excluding hydrogens is 180 g/mol. The second-order valence-corrected chi connectivity index (χ2v) is 4.52. The summed E-state index contributed by atoms with van der Waals surface area (Å²) in [6.45, 7) is 1.63. The first-order valence-electron chi connectivity index (χ1n) is 4.83. The largest absolute Gasteiger partial charge is 0.329 e. The number of hydrogen-bond donors (Lipinski definition) is 2. The van der Waals surface area contributed by atoms with Gasteiger partial charge in [-0.3, -0.25) is 0 Å². The standard InChI is InChI=1S/C10H18N2S/c1-2-3-5-12-10(7-11)9-4-6-13-8-9/h1,9-10,12H,3-8,11H2. The molecular formula is C10H18N2S. The van der Waals surface area contributed by atoms with Crippen molar-refractivity contribution >= 4 is 11.8 Å². The summed E-state index contributed by atoms with van der Waals surface area (Å²) in [5.74, 6) is 5.93. The van der Waals surface area contributed by atoms with Crippen LogP contribution in [0.25, 0.3) is 0 Å². The molecule has 1 fully saturated rings. The van der Waals surface area contributed by atoms with Gasteiger partial charge in [0.2, 0.25) is 0 Å². The fourth-order valence-electron chi connectivity index (χ4n) is 1.64. The molecule has 3 heteroatoms. The maximum Gasteiger partial charge on any atom is 0.0227 e. The Morgan fingerprint density at radius 1 is 1.69 bits per heavy atom. The van der Waals surface area contributed by atoms with Gasteiger partial charge in [0.25, 0.3) is 0 Å². The van der Waals surface area contributed by atoms with E-state index in [0.717, 1.165) is 25.4 Å². The van der Waals surface area contributed by atoms with Crippen molar-refractivity contribution in [2.75, 3.05) is 24.6 Å². The minimum Gasteiger partial charge on any atom is -0.329 e. The summed E-state index contributed by atoms with van der Waals surface area (Å²) < 4.78 is 0. The van der Waals surface area contributed by atoms with E-state index in [1.165, 1.54) is 17.9 Å². The van der Waals surface area contributed by atoms with Gasteiger partial charge >= 0.3 is 0 Å². The van der Waals surface area contributed by atoms with Crippen LogP contribution in [0.4, 0.5) is 0 Å². The van der Waals surface area contributed by atoms with Gasteiger partial charge in [-0.1, -0.05) is 0 Å². The zero-order chi connectivity index (χ0) is 9.52. The van der Waals surface area contributed by atoms with Crippen molar-refractivity contribution in [3.63, 3.8) is 0 Å². The van der Waals surface area contributed by atoms with E-state index < -0.39 is 0 Å². The molecule has 0 saturated carbocycles. The molecule has 2 nitrogen and oxygen atoms in total. The van der Waals surface area contributed by atoms with Crippen LogP contribution < -0.4 is 11.1 Å². The van der Waals surface area contributed by atoms with E-state index in [-0.39, 0.29) is 0 Å². The molecule has 1 aliphatic heterocycles.